The first-order valence-electron chi connectivity index (χ1n) is 8.80. The predicted molar refractivity (Wildman–Crippen MR) is 98.3 cm³/mol. The topological polar surface area (TPSA) is 41.7 Å². The molecule has 0 unspecified atom stereocenters. The van der Waals surface area contributed by atoms with E-state index in [2.05, 4.69) is 28.0 Å². The highest BCUT2D eigenvalue weighted by molar-refractivity contribution is 5.33. The molecule has 0 amide bonds. The third kappa shape index (κ3) is 5.06. The van der Waals surface area contributed by atoms with Crippen molar-refractivity contribution in [2.45, 2.75) is 13.0 Å². The van der Waals surface area contributed by atoms with Gasteiger partial charge in [-0.1, -0.05) is 30.3 Å². The summed E-state index contributed by atoms with van der Waals surface area (Å²) in [6.07, 6.45) is 1.10. The Morgan fingerprint density at radius 1 is 0.833 bits per heavy atom. The Kier molecular flexibility index (Phi) is 6.24. The molecule has 0 atom stereocenters. The fourth-order valence-electron chi connectivity index (χ4n) is 3.08. The van der Waals surface area contributed by atoms with Crippen LogP contribution >= 0.6 is 0 Å². The van der Waals surface area contributed by atoms with Gasteiger partial charge in [-0.2, -0.15) is 0 Å². The van der Waals surface area contributed by atoms with E-state index >= 15 is 0 Å². The Labute approximate surface area is 144 Å². The maximum Gasteiger partial charge on any atom is 0.127 e. The van der Waals surface area contributed by atoms with Gasteiger partial charge in [-0.05, 0) is 49.3 Å². The minimum absolute atomic E-state index is 0.786. The van der Waals surface area contributed by atoms with Crippen LogP contribution in [0.3, 0.4) is 0 Å². The second-order valence-corrected chi connectivity index (χ2v) is 6.32. The number of hydrogen-bond acceptors (Lipinski definition) is 4. The largest absolute Gasteiger partial charge is 0.457 e. The van der Waals surface area contributed by atoms with Crippen molar-refractivity contribution in [1.82, 2.24) is 9.80 Å². The minimum atomic E-state index is 0.786. The predicted octanol–water partition coefficient (Wildman–Crippen LogP) is 2.95. The number of para-hydroxylation sites is 1. The van der Waals surface area contributed by atoms with Crippen LogP contribution in [0.5, 0.6) is 11.5 Å². The summed E-state index contributed by atoms with van der Waals surface area (Å²) in [5.41, 5.74) is 6.90. The van der Waals surface area contributed by atoms with Gasteiger partial charge in [0.1, 0.15) is 11.5 Å². The number of piperazine rings is 1. The molecule has 0 radical (unpaired) electrons. The van der Waals surface area contributed by atoms with Crippen LogP contribution in [0.15, 0.2) is 54.6 Å². The van der Waals surface area contributed by atoms with Gasteiger partial charge in [-0.3, -0.25) is 4.90 Å². The Morgan fingerprint density at radius 3 is 2.29 bits per heavy atom. The van der Waals surface area contributed by atoms with Gasteiger partial charge in [-0.25, -0.2) is 0 Å². The van der Waals surface area contributed by atoms with Crippen LogP contribution in [0.2, 0.25) is 0 Å². The second-order valence-electron chi connectivity index (χ2n) is 6.32. The molecule has 2 aromatic carbocycles. The quantitative estimate of drug-likeness (QED) is 0.850. The Balaban J connectivity index is 1.52. The zero-order chi connectivity index (χ0) is 16.6. The van der Waals surface area contributed by atoms with Crippen molar-refractivity contribution in [3.63, 3.8) is 0 Å². The fraction of sp³-hybridized carbons (Fsp3) is 0.400. The number of hydrogen-bond donors (Lipinski definition) is 1. The van der Waals surface area contributed by atoms with Crippen molar-refractivity contribution < 1.29 is 4.74 Å². The standard InChI is InChI=1S/C20H27N3O/c21-10-5-11-22-12-14-23(15-13-22)17-18-6-4-9-20(16-18)24-19-7-2-1-3-8-19/h1-4,6-9,16H,5,10-15,17,21H2. The molecule has 4 heteroatoms. The molecule has 0 bridgehead atoms. The first-order valence-corrected chi connectivity index (χ1v) is 8.80. The molecule has 1 aliphatic rings. The molecule has 0 spiro atoms. The summed E-state index contributed by atoms with van der Waals surface area (Å²) in [6, 6.07) is 18.3. The van der Waals surface area contributed by atoms with Gasteiger partial charge < -0.3 is 15.4 Å². The van der Waals surface area contributed by atoms with E-state index < -0.39 is 0 Å². The molecule has 2 aromatic rings. The van der Waals surface area contributed by atoms with E-state index in [0.29, 0.717) is 0 Å². The summed E-state index contributed by atoms with van der Waals surface area (Å²) in [5.74, 6) is 1.78. The SMILES string of the molecule is NCCCN1CCN(Cc2cccc(Oc3ccccc3)c2)CC1. The van der Waals surface area contributed by atoms with Crippen molar-refractivity contribution in [3.05, 3.63) is 60.2 Å². The maximum atomic E-state index is 5.93. The van der Waals surface area contributed by atoms with Crippen LogP contribution in [0.4, 0.5) is 0 Å². The molecule has 1 aliphatic heterocycles. The lowest BCUT2D eigenvalue weighted by Gasteiger charge is -2.34. The van der Waals surface area contributed by atoms with Gasteiger partial charge in [0.2, 0.25) is 0 Å². The van der Waals surface area contributed by atoms with Crippen molar-refractivity contribution in [1.29, 1.82) is 0 Å². The number of ether oxygens (including phenoxy) is 1. The number of rotatable bonds is 7. The van der Waals surface area contributed by atoms with E-state index in [4.69, 9.17) is 10.5 Å². The van der Waals surface area contributed by atoms with Crippen LogP contribution in [0, 0.1) is 0 Å². The summed E-state index contributed by atoms with van der Waals surface area (Å²) in [5, 5.41) is 0. The normalized spacial score (nSPS) is 16.2. The highest BCUT2D eigenvalue weighted by atomic mass is 16.5. The molecule has 2 N–H and O–H groups in total. The molecule has 3 rings (SSSR count). The Bertz CT molecular complexity index is 609. The molecule has 24 heavy (non-hydrogen) atoms. The lowest BCUT2D eigenvalue weighted by atomic mass is 10.2. The molecular weight excluding hydrogens is 298 g/mol. The van der Waals surface area contributed by atoms with Crippen LogP contribution in [-0.4, -0.2) is 49.1 Å². The zero-order valence-corrected chi connectivity index (χ0v) is 14.2. The van der Waals surface area contributed by atoms with Crippen LogP contribution in [-0.2, 0) is 6.54 Å². The van der Waals surface area contributed by atoms with Crippen molar-refractivity contribution in [2.24, 2.45) is 5.73 Å². The maximum absolute atomic E-state index is 5.93. The minimum Gasteiger partial charge on any atom is -0.457 e. The van der Waals surface area contributed by atoms with E-state index in [0.717, 1.165) is 63.7 Å². The van der Waals surface area contributed by atoms with Crippen molar-refractivity contribution in [3.8, 4) is 11.5 Å². The molecule has 128 valence electrons. The molecular formula is C20H27N3O. The summed E-state index contributed by atoms with van der Waals surface area (Å²) in [6.45, 7) is 7.42. The van der Waals surface area contributed by atoms with Gasteiger partial charge in [0.25, 0.3) is 0 Å². The monoisotopic (exact) mass is 325 g/mol. The lowest BCUT2D eigenvalue weighted by molar-refractivity contribution is 0.126. The van der Waals surface area contributed by atoms with Gasteiger partial charge >= 0.3 is 0 Å². The smallest absolute Gasteiger partial charge is 0.127 e. The van der Waals surface area contributed by atoms with E-state index in [-0.39, 0.29) is 0 Å². The molecule has 0 aliphatic carbocycles. The van der Waals surface area contributed by atoms with Crippen LogP contribution < -0.4 is 10.5 Å². The second kappa shape index (κ2) is 8.83. The van der Waals surface area contributed by atoms with E-state index in [9.17, 15) is 0 Å². The van der Waals surface area contributed by atoms with Gasteiger partial charge in [-0.15, -0.1) is 0 Å². The molecule has 1 fully saturated rings. The average Bonchev–Trinajstić information content (AvgIpc) is 2.62. The summed E-state index contributed by atoms with van der Waals surface area (Å²) in [7, 11) is 0. The van der Waals surface area contributed by atoms with Gasteiger partial charge in [0.05, 0.1) is 0 Å². The molecule has 1 saturated heterocycles. The highest BCUT2D eigenvalue weighted by Crippen LogP contribution is 2.22. The van der Waals surface area contributed by atoms with E-state index in [1.165, 1.54) is 5.56 Å². The molecule has 1 heterocycles. The summed E-state index contributed by atoms with van der Waals surface area (Å²) in [4.78, 5) is 5.03. The molecule has 0 aromatic heterocycles. The number of benzene rings is 2. The van der Waals surface area contributed by atoms with E-state index in [1.54, 1.807) is 0 Å². The van der Waals surface area contributed by atoms with Gasteiger partial charge in [0, 0.05) is 32.7 Å². The average molecular weight is 325 g/mol. The van der Waals surface area contributed by atoms with Crippen molar-refractivity contribution in [2.75, 3.05) is 39.3 Å². The van der Waals surface area contributed by atoms with Crippen LogP contribution in [0.1, 0.15) is 12.0 Å². The number of nitrogens with zero attached hydrogens (tertiary/aromatic N) is 2. The molecule has 0 saturated carbocycles. The Hall–Kier alpha value is -1.88. The fourth-order valence-corrected chi connectivity index (χ4v) is 3.08. The zero-order valence-electron chi connectivity index (χ0n) is 14.2. The Morgan fingerprint density at radius 2 is 1.54 bits per heavy atom. The van der Waals surface area contributed by atoms with Crippen LogP contribution in [0.25, 0.3) is 0 Å². The number of nitrogens with two attached hydrogens (primary N) is 1. The first kappa shape index (κ1) is 17.0. The summed E-state index contributed by atoms with van der Waals surface area (Å²) >= 11 is 0. The molecule has 4 nitrogen and oxygen atoms in total. The lowest BCUT2D eigenvalue weighted by Crippen LogP contribution is -2.46. The highest BCUT2D eigenvalue weighted by Gasteiger charge is 2.16. The van der Waals surface area contributed by atoms with Gasteiger partial charge in [0.15, 0.2) is 0 Å². The van der Waals surface area contributed by atoms with Crippen molar-refractivity contribution >= 4 is 0 Å². The van der Waals surface area contributed by atoms with E-state index in [1.807, 2.05) is 36.4 Å². The first-order chi connectivity index (χ1) is 11.8. The third-order valence-electron chi connectivity index (χ3n) is 4.43. The third-order valence-corrected chi connectivity index (χ3v) is 4.43. The summed E-state index contributed by atoms with van der Waals surface area (Å²) < 4.78 is 5.93.